The summed E-state index contributed by atoms with van der Waals surface area (Å²) in [6.07, 6.45) is 2.54. The Balaban J connectivity index is 2.34. The quantitative estimate of drug-likeness (QED) is 0.357. The highest BCUT2D eigenvalue weighted by molar-refractivity contribution is 6.10. The summed E-state index contributed by atoms with van der Waals surface area (Å²) in [5.41, 5.74) is 3.37. The van der Waals surface area contributed by atoms with E-state index in [2.05, 4.69) is 16.8 Å². The average molecular weight is 366 g/mol. The number of nitrogens with zero attached hydrogens (tertiary/aromatic N) is 3. The molecule has 7 nitrogen and oxygen atoms in total. The Morgan fingerprint density at radius 1 is 1.37 bits per heavy atom. The first kappa shape index (κ1) is 19.9. The maximum Gasteiger partial charge on any atom is 0.274 e. The zero-order chi connectivity index (χ0) is 20.1. The number of anilines is 1. The minimum Gasteiger partial charge on any atom is -0.349 e. The molecule has 1 aromatic heterocycles. The van der Waals surface area contributed by atoms with E-state index >= 15 is 0 Å². The van der Waals surface area contributed by atoms with Crippen molar-refractivity contribution in [3.8, 4) is 6.07 Å². The highest BCUT2D eigenvalue weighted by Crippen LogP contribution is 2.26. The second-order valence-corrected chi connectivity index (χ2v) is 6.31. The lowest BCUT2D eigenvalue weighted by Gasteiger charge is -2.08. The van der Waals surface area contributed by atoms with E-state index in [1.54, 1.807) is 19.1 Å². The molecule has 7 heteroatoms. The molecule has 1 N–H and O–H groups in total. The van der Waals surface area contributed by atoms with Gasteiger partial charge in [0.05, 0.1) is 16.2 Å². The molecule has 0 aliphatic rings. The fourth-order valence-corrected chi connectivity index (χ4v) is 2.99. The predicted octanol–water partition coefficient (Wildman–Crippen LogP) is 4.28. The number of aryl methyl sites for hydroxylation is 1. The first-order valence-electron chi connectivity index (χ1n) is 8.64. The van der Waals surface area contributed by atoms with Gasteiger partial charge in [-0.05, 0) is 51.0 Å². The molecule has 0 unspecified atom stereocenters. The molecule has 0 aliphatic carbocycles. The van der Waals surface area contributed by atoms with Crippen LogP contribution >= 0.6 is 0 Å². The van der Waals surface area contributed by atoms with Gasteiger partial charge in [0.15, 0.2) is 0 Å². The third-order valence-electron chi connectivity index (χ3n) is 4.48. The van der Waals surface area contributed by atoms with Crippen molar-refractivity contribution in [1.29, 1.82) is 5.26 Å². The van der Waals surface area contributed by atoms with Crippen molar-refractivity contribution in [3.05, 3.63) is 62.5 Å². The fraction of sp³-hybridized carbons (Fsp3) is 0.300. The van der Waals surface area contributed by atoms with Gasteiger partial charge < -0.3 is 9.88 Å². The zero-order valence-electron chi connectivity index (χ0n) is 15.9. The number of nitro groups is 1. The second kappa shape index (κ2) is 8.32. The number of carbonyl (C=O) groups is 1. The molecule has 0 atom stereocenters. The molecule has 140 valence electrons. The number of rotatable bonds is 6. The van der Waals surface area contributed by atoms with Gasteiger partial charge in [0, 0.05) is 24.0 Å². The molecule has 0 bridgehead atoms. The molecule has 0 spiro atoms. The normalized spacial score (nSPS) is 11.1. The van der Waals surface area contributed by atoms with Gasteiger partial charge in [0.2, 0.25) is 0 Å². The van der Waals surface area contributed by atoms with E-state index in [9.17, 15) is 20.2 Å². The van der Waals surface area contributed by atoms with Crippen molar-refractivity contribution in [2.75, 3.05) is 5.32 Å². The summed E-state index contributed by atoms with van der Waals surface area (Å²) in [6, 6.07) is 8.30. The summed E-state index contributed by atoms with van der Waals surface area (Å²) in [5.74, 6) is -0.596. The Bertz CT molecular complexity index is 964. The molecule has 1 amide bonds. The van der Waals surface area contributed by atoms with Crippen molar-refractivity contribution in [2.24, 2.45) is 0 Å². The molecule has 0 saturated carbocycles. The molecule has 27 heavy (non-hydrogen) atoms. The van der Waals surface area contributed by atoms with Crippen LogP contribution in [-0.2, 0) is 11.3 Å². The first-order chi connectivity index (χ1) is 12.8. The van der Waals surface area contributed by atoms with Gasteiger partial charge in [-0.15, -0.1) is 0 Å². The van der Waals surface area contributed by atoms with Gasteiger partial charge in [-0.25, -0.2) is 0 Å². The van der Waals surface area contributed by atoms with Crippen molar-refractivity contribution in [2.45, 2.75) is 40.7 Å². The van der Waals surface area contributed by atoms with Crippen LogP contribution in [0.25, 0.3) is 6.08 Å². The molecule has 0 aliphatic heterocycles. The third kappa shape index (κ3) is 4.23. The van der Waals surface area contributed by atoms with E-state index in [0.717, 1.165) is 29.9 Å². The molecule has 2 rings (SSSR count). The monoisotopic (exact) mass is 366 g/mol. The van der Waals surface area contributed by atoms with Crippen LogP contribution < -0.4 is 5.32 Å². The van der Waals surface area contributed by atoms with Gasteiger partial charge in [0.25, 0.3) is 11.6 Å². The largest absolute Gasteiger partial charge is 0.349 e. The Morgan fingerprint density at radius 2 is 2.07 bits per heavy atom. The molecule has 1 aromatic carbocycles. The number of nitrogens with one attached hydrogen (secondary N) is 1. The molecular formula is C20H22N4O3. The third-order valence-corrected chi connectivity index (χ3v) is 4.48. The summed E-state index contributed by atoms with van der Waals surface area (Å²) in [5, 5.41) is 23.1. The minimum absolute atomic E-state index is 0.0577. The van der Waals surface area contributed by atoms with Gasteiger partial charge in [-0.2, -0.15) is 5.26 Å². The minimum atomic E-state index is -0.596. The predicted molar refractivity (Wildman–Crippen MR) is 104 cm³/mol. The Labute approximate surface area is 158 Å². The molecule has 0 fully saturated rings. The van der Waals surface area contributed by atoms with Crippen molar-refractivity contribution in [3.63, 3.8) is 0 Å². The SMILES string of the molecule is CCCn1c(C)cc(/C=C(\C#N)C(=O)Nc2cccc([N+](=O)[O-])c2C)c1C. The summed E-state index contributed by atoms with van der Waals surface area (Å²) in [7, 11) is 0. The smallest absolute Gasteiger partial charge is 0.274 e. The van der Waals surface area contributed by atoms with Crippen LogP contribution in [0.5, 0.6) is 0 Å². The Hall–Kier alpha value is -3.40. The van der Waals surface area contributed by atoms with Crippen LogP contribution in [0.3, 0.4) is 0 Å². The van der Waals surface area contributed by atoms with E-state index in [4.69, 9.17) is 0 Å². The zero-order valence-corrected chi connectivity index (χ0v) is 15.9. The Morgan fingerprint density at radius 3 is 2.67 bits per heavy atom. The van der Waals surface area contributed by atoms with Crippen LogP contribution in [0, 0.1) is 42.2 Å². The standard InChI is InChI=1S/C20H22N4O3/c1-5-9-23-13(2)10-16(15(23)4)11-17(12-21)20(25)22-18-7-6-8-19(14(18)3)24(26)27/h6-8,10-11H,5,9H2,1-4H3,(H,22,25)/b17-11+. The number of hydrogen-bond donors (Lipinski definition) is 1. The molecule has 1 heterocycles. The lowest BCUT2D eigenvalue weighted by Crippen LogP contribution is -2.14. The maximum atomic E-state index is 12.5. The van der Waals surface area contributed by atoms with Crippen LogP contribution in [0.1, 0.15) is 35.9 Å². The van der Waals surface area contributed by atoms with Gasteiger partial charge in [-0.3, -0.25) is 14.9 Å². The molecule has 0 saturated heterocycles. The van der Waals surface area contributed by atoms with Crippen LogP contribution in [-0.4, -0.2) is 15.4 Å². The van der Waals surface area contributed by atoms with Crippen molar-refractivity contribution >= 4 is 23.4 Å². The topological polar surface area (TPSA) is 101 Å². The number of nitro benzene ring substituents is 1. The molecule has 0 radical (unpaired) electrons. The summed E-state index contributed by atoms with van der Waals surface area (Å²) < 4.78 is 2.14. The maximum absolute atomic E-state index is 12.5. The first-order valence-corrected chi connectivity index (χ1v) is 8.64. The highest BCUT2D eigenvalue weighted by Gasteiger charge is 2.17. The Kier molecular flexibility index (Phi) is 6.14. The number of benzene rings is 1. The number of carbonyl (C=O) groups excluding carboxylic acids is 1. The van der Waals surface area contributed by atoms with Crippen LogP contribution in [0.15, 0.2) is 29.8 Å². The van der Waals surface area contributed by atoms with Crippen molar-refractivity contribution in [1.82, 2.24) is 4.57 Å². The van der Waals surface area contributed by atoms with Crippen molar-refractivity contribution < 1.29 is 9.72 Å². The number of amides is 1. The van der Waals surface area contributed by atoms with Crippen LogP contribution in [0.2, 0.25) is 0 Å². The van der Waals surface area contributed by atoms with Gasteiger partial charge >= 0.3 is 0 Å². The summed E-state index contributed by atoms with van der Waals surface area (Å²) >= 11 is 0. The summed E-state index contributed by atoms with van der Waals surface area (Å²) in [6.45, 7) is 8.45. The van der Waals surface area contributed by atoms with Gasteiger partial charge in [-0.1, -0.05) is 13.0 Å². The number of aromatic nitrogens is 1. The van der Waals surface area contributed by atoms with Crippen LogP contribution in [0.4, 0.5) is 11.4 Å². The van der Waals surface area contributed by atoms with E-state index in [1.165, 1.54) is 12.1 Å². The van der Waals surface area contributed by atoms with Gasteiger partial charge in [0.1, 0.15) is 11.6 Å². The number of nitriles is 1. The second-order valence-electron chi connectivity index (χ2n) is 6.31. The lowest BCUT2D eigenvalue weighted by molar-refractivity contribution is -0.385. The number of hydrogen-bond acceptors (Lipinski definition) is 4. The van der Waals surface area contributed by atoms with E-state index < -0.39 is 10.8 Å². The van der Waals surface area contributed by atoms with E-state index in [-0.39, 0.29) is 11.3 Å². The van der Waals surface area contributed by atoms with E-state index in [1.807, 2.05) is 26.0 Å². The highest BCUT2D eigenvalue weighted by atomic mass is 16.6. The molecule has 2 aromatic rings. The summed E-state index contributed by atoms with van der Waals surface area (Å²) in [4.78, 5) is 23.1. The lowest BCUT2D eigenvalue weighted by atomic mass is 10.1. The fourth-order valence-electron chi connectivity index (χ4n) is 2.99. The van der Waals surface area contributed by atoms with E-state index in [0.29, 0.717) is 11.3 Å². The molecular weight excluding hydrogens is 344 g/mol. The average Bonchev–Trinajstić information content (AvgIpc) is 2.88.